The number of nitrogens with zero attached hydrogens (tertiary/aromatic N) is 3. The lowest BCUT2D eigenvalue weighted by Gasteiger charge is -2.34. The number of carbonyl (C=O) groups is 2. The van der Waals surface area contributed by atoms with Crippen molar-refractivity contribution in [2.45, 2.75) is 5.75 Å². The standard InChI is InChI=1S/C20H23N3O3S/c1-26-18-6-2-5-17(12-18)20(25)23-10-8-22(9-11-23)19(24)15-27-14-16-4-3-7-21-13-16/h2-7,12-13H,8-11,14-15H2,1H3. The summed E-state index contributed by atoms with van der Waals surface area (Å²) in [5.41, 5.74) is 1.73. The van der Waals surface area contributed by atoms with Gasteiger partial charge in [-0.25, -0.2) is 0 Å². The SMILES string of the molecule is COc1cccc(C(=O)N2CCN(C(=O)CSCc3cccnc3)CC2)c1. The molecule has 1 aliphatic heterocycles. The van der Waals surface area contributed by atoms with E-state index in [0.29, 0.717) is 43.2 Å². The quantitative estimate of drug-likeness (QED) is 0.764. The lowest BCUT2D eigenvalue weighted by molar-refractivity contribution is -0.129. The Morgan fingerprint density at radius 1 is 1.11 bits per heavy atom. The van der Waals surface area contributed by atoms with Gasteiger partial charge in [0.2, 0.25) is 5.91 Å². The molecule has 1 aromatic heterocycles. The van der Waals surface area contributed by atoms with Crippen molar-refractivity contribution >= 4 is 23.6 Å². The second kappa shape index (κ2) is 9.41. The van der Waals surface area contributed by atoms with Gasteiger partial charge < -0.3 is 14.5 Å². The molecule has 27 heavy (non-hydrogen) atoms. The number of aromatic nitrogens is 1. The molecule has 1 aromatic carbocycles. The first-order valence-corrected chi connectivity index (χ1v) is 10.0. The van der Waals surface area contributed by atoms with Crippen LogP contribution in [0.25, 0.3) is 0 Å². The highest BCUT2D eigenvalue weighted by Gasteiger charge is 2.24. The van der Waals surface area contributed by atoms with Gasteiger partial charge in [0.15, 0.2) is 0 Å². The van der Waals surface area contributed by atoms with E-state index in [0.717, 1.165) is 11.3 Å². The molecule has 0 atom stereocenters. The number of ether oxygens (including phenoxy) is 1. The van der Waals surface area contributed by atoms with Crippen LogP contribution >= 0.6 is 11.8 Å². The fraction of sp³-hybridized carbons (Fsp3) is 0.350. The maximum Gasteiger partial charge on any atom is 0.254 e. The van der Waals surface area contributed by atoms with Crippen molar-refractivity contribution in [3.05, 3.63) is 59.9 Å². The molecule has 6 nitrogen and oxygen atoms in total. The summed E-state index contributed by atoms with van der Waals surface area (Å²) in [6, 6.07) is 11.1. The molecule has 1 aliphatic rings. The largest absolute Gasteiger partial charge is 0.497 e. The first kappa shape index (κ1) is 19.2. The Kier molecular flexibility index (Phi) is 6.70. The van der Waals surface area contributed by atoms with E-state index in [1.807, 2.05) is 35.4 Å². The molecular weight excluding hydrogens is 362 g/mol. The molecule has 2 aromatic rings. The maximum absolute atomic E-state index is 12.6. The summed E-state index contributed by atoms with van der Waals surface area (Å²) in [5.74, 6) is 1.98. The smallest absolute Gasteiger partial charge is 0.254 e. The van der Waals surface area contributed by atoms with Crippen LogP contribution < -0.4 is 4.74 Å². The molecule has 0 spiro atoms. The van der Waals surface area contributed by atoms with E-state index in [9.17, 15) is 9.59 Å². The van der Waals surface area contributed by atoms with Gasteiger partial charge in [0.1, 0.15) is 5.75 Å². The Morgan fingerprint density at radius 2 is 1.89 bits per heavy atom. The van der Waals surface area contributed by atoms with Gasteiger partial charge in [0.05, 0.1) is 12.9 Å². The topological polar surface area (TPSA) is 62.7 Å². The van der Waals surface area contributed by atoms with Crippen molar-refractivity contribution in [1.82, 2.24) is 14.8 Å². The monoisotopic (exact) mass is 385 g/mol. The Labute approximate surface area is 163 Å². The van der Waals surface area contributed by atoms with Crippen molar-refractivity contribution in [1.29, 1.82) is 0 Å². The first-order valence-electron chi connectivity index (χ1n) is 8.85. The van der Waals surface area contributed by atoms with E-state index >= 15 is 0 Å². The third kappa shape index (κ3) is 5.23. The van der Waals surface area contributed by atoms with Gasteiger partial charge in [-0.2, -0.15) is 0 Å². The summed E-state index contributed by atoms with van der Waals surface area (Å²) in [5, 5.41) is 0. The third-order valence-corrected chi connectivity index (χ3v) is 5.44. The van der Waals surface area contributed by atoms with Crippen LogP contribution in [-0.2, 0) is 10.5 Å². The maximum atomic E-state index is 12.6. The summed E-state index contributed by atoms with van der Waals surface area (Å²) in [4.78, 5) is 32.7. The highest BCUT2D eigenvalue weighted by atomic mass is 32.2. The van der Waals surface area contributed by atoms with Crippen LogP contribution in [0, 0.1) is 0 Å². The van der Waals surface area contributed by atoms with Crippen molar-refractivity contribution < 1.29 is 14.3 Å². The van der Waals surface area contributed by atoms with Crippen LogP contribution in [0.3, 0.4) is 0 Å². The van der Waals surface area contributed by atoms with Crippen LogP contribution in [0.1, 0.15) is 15.9 Å². The molecule has 0 aliphatic carbocycles. The number of amides is 2. The molecule has 7 heteroatoms. The zero-order chi connectivity index (χ0) is 19.1. The number of pyridine rings is 1. The van der Waals surface area contributed by atoms with E-state index in [1.54, 1.807) is 42.1 Å². The zero-order valence-electron chi connectivity index (χ0n) is 15.3. The predicted molar refractivity (Wildman–Crippen MR) is 106 cm³/mol. The minimum Gasteiger partial charge on any atom is -0.497 e. The van der Waals surface area contributed by atoms with E-state index in [4.69, 9.17) is 4.74 Å². The van der Waals surface area contributed by atoms with Gasteiger partial charge in [-0.05, 0) is 29.8 Å². The van der Waals surface area contributed by atoms with Gasteiger partial charge in [-0.15, -0.1) is 11.8 Å². The Morgan fingerprint density at radius 3 is 2.59 bits per heavy atom. The first-order chi connectivity index (χ1) is 13.2. The molecule has 0 radical (unpaired) electrons. The van der Waals surface area contributed by atoms with Gasteiger partial charge >= 0.3 is 0 Å². The second-order valence-corrected chi connectivity index (χ2v) is 7.24. The number of carbonyl (C=O) groups excluding carboxylic acids is 2. The molecule has 2 amide bonds. The summed E-state index contributed by atoms with van der Waals surface area (Å²) in [6.07, 6.45) is 3.56. The van der Waals surface area contributed by atoms with Crippen molar-refractivity contribution in [2.75, 3.05) is 39.0 Å². The van der Waals surface area contributed by atoms with Gasteiger partial charge in [-0.1, -0.05) is 12.1 Å². The van der Waals surface area contributed by atoms with Crippen molar-refractivity contribution in [2.24, 2.45) is 0 Å². The van der Waals surface area contributed by atoms with E-state index in [-0.39, 0.29) is 11.8 Å². The minimum atomic E-state index is -0.0213. The average Bonchev–Trinajstić information content (AvgIpc) is 2.74. The highest BCUT2D eigenvalue weighted by molar-refractivity contribution is 7.99. The van der Waals surface area contributed by atoms with Gasteiger partial charge in [0.25, 0.3) is 5.91 Å². The van der Waals surface area contributed by atoms with Gasteiger partial charge in [0, 0.05) is 49.9 Å². The normalized spacial score (nSPS) is 14.1. The lowest BCUT2D eigenvalue weighted by atomic mass is 10.1. The average molecular weight is 385 g/mol. The Bertz CT molecular complexity index is 777. The number of rotatable bonds is 6. The molecule has 0 N–H and O–H groups in total. The number of hydrogen-bond donors (Lipinski definition) is 0. The van der Waals surface area contributed by atoms with E-state index < -0.39 is 0 Å². The molecule has 3 rings (SSSR count). The van der Waals surface area contributed by atoms with Crippen LogP contribution in [0.5, 0.6) is 5.75 Å². The zero-order valence-corrected chi connectivity index (χ0v) is 16.2. The fourth-order valence-corrected chi connectivity index (χ4v) is 3.79. The molecule has 0 unspecified atom stereocenters. The molecule has 2 heterocycles. The minimum absolute atomic E-state index is 0.0213. The van der Waals surface area contributed by atoms with E-state index in [2.05, 4.69) is 4.98 Å². The number of piperazine rings is 1. The Balaban J connectivity index is 1.45. The molecule has 0 saturated carbocycles. The summed E-state index contributed by atoms with van der Waals surface area (Å²) in [6.45, 7) is 2.24. The summed E-state index contributed by atoms with van der Waals surface area (Å²) < 4.78 is 5.18. The van der Waals surface area contributed by atoms with Crippen molar-refractivity contribution in [3.8, 4) is 5.75 Å². The van der Waals surface area contributed by atoms with Crippen molar-refractivity contribution in [3.63, 3.8) is 0 Å². The van der Waals surface area contributed by atoms with Crippen LogP contribution in [0.4, 0.5) is 0 Å². The molecule has 0 bridgehead atoms. The fourth-order valence-electron chi connectivity index (χ4n) is 2.93. The van der Waals surface area contributed by atoms with Gasteiger partial charge in [-0.3, -0.25) is 14.6 Å². The molecule has 1 fully saturated rings. The molecule has 1 saturated heterocycles. The number of benzene rings is 1. The molecular formula is C20H23N3O3S. The third-order valence-electron chi connectivity index (χ3n) is 4.45. The second-order valence-electron chi connectivity index (χ2n) is 6.26. The number of methoxy groups -OCH3 is 1. The van der Waals surface area contributed by atoms with E-state index in [1.165, 1.54) is 0 Å². The number of hydrogen-bond acceptors (Lipinski definition) is 5. The highest BCUT2D eigenvalue weighted by Crippen LogP contribution is 2.16. The lowest BCUT2D eigenvalue weighted by Crippen LogP contribution is -2.51. The summed E-state index contributed by atoms with van der Waals surface area (Å²) >= 11 is 1.59. The molecule has 142 valence electrons. The predicted octanol–water partition coefficient (Wildman–Crippen LogP) is 2.31. The summed E-state index contributed by atoms with van der Waals surface area (Å²) in [7, 11) is 1.58. The number of thioether (sulfide) groups is 1. The Hall–Kier alpha value is -2.54. The van der Waals surface area contributed by atoms with Crippen LogP contribution in [-0.4, -0.2) is 65.6 Å². The van der Waals surface area contributed by atoms with Crippen LogP contribution in [0.15, 0.2) is 48.8 Å². The van der Waals surface area contributed by atoms with Crippen LogP contribution in [0.2, 0.25) is 0 Å².